The molecule has 2 heterocycles. The molecule has 1 unspecified atom stereocenters. The zero-order valence-corrected chi connectivity index (χ0v) is 37.7. The molecular weight excluding hydrogens is 770 g/mol. The number of nitrogens with one attached hydrogen (secondary N) is 1. The number of ether oxygens (including phenoxy) is 1. The van der Waals surface area contributed by atoms with E-state index >= 15 is 0 Å². The molecule has 1 aliphatic heterocycles. The fourth-order valence-electron chi connectivity index (χ4n) is 15.0. The van der Waals surface area contributed by atoms with E-state index in [1.807, 2.05) is 0 Å². The summed E-state index contributed by atoms with van der Waals surface area (Å²) >= 11 is 2.09. The predicted octanol–water partition coefficient (Wildman–Crippen LogP) is 10.4. The normalized spacial score (nSPS) is 40.8. The number of aromatic nitrogens is 2. The highest BCUT2D eigenvalue weighted by molar-refractivity contribution is 7.99. The molecule has 5 fully saturated rings. The number of carboxylic acids is 1. The molecule has 0 amide bonds. The maximum atomic E-state index is 13.4. The minimum absolute atomic E-state index is 0.0566. The molecule has 4 saturated carbocycles. The fourth-order valence-corrected chi connectivity index (χ4v) is 16.0. The summed E-state index contributed by atoms with van der Waals surface area (Å²) in [6.07, 6.45) is 11.6. The smallest absolute Gasteiger partial charge is 0.433 e. The monoisotopic (exact) mass is 841 g/mol. The molecule has 1 saturated heterocycles. The van der Waals surface area contributed by atoms with Crippen molar-refractivity contribution in [1.82, 2.24) is 20.0 Å². The summed E-state index contributed by atoms with van der Waals surface area (Å²) in [4.78, 5) is 15.4. The first-order valence-electron chi connectivity index (χ1n) is 22.9. The second-order valence-electron chi connectivity index (χ2n) is 21.4. The Morgan fingerprint density at radius 1 is 1.02 bits per heavy atom. The standard InChI is InChI=1S/C48H71F3N4O3S/c1-30(2)33-13-18-47(52-21-22-55-23-25-59-26-24-55)20-19-45(7)36(41(33)47)10-9-35-40-31(3)27-37(43(4,5)34(40)14-15-44(35,45)6)32-11-16-46(17-12-32,42(56)57)29-58-39-28-38(48(49,50)51)54(8)53-39/h11,27-28,31,33-36,40-41,52H,1,9-10,12-26,29H2,2-8H3,(H,56,57)/t31-,33-,34+,35+,36+,40-,41+,44+,45+,46?,47-/m0/s1. The largest absolute Gasteiger partial charge is 0.481 e. The van der Waals surface area contributed by atoms with Gasteiger partial charge in [-0.25, -0.2) is 0 Å². The summed E-state index contributed by atoms with van der Waals surface area (Å²) in [5, 5.41) is 18.6. The van der Waals surface area contributed by atoms with Crippen LogP contribution in [0.3, 0.4) is 0 Å². The van der Waals surface area contributed by atoms with Crippen molar-refractivity contribution in [1.29, 1.82) is 0 Å². The third-order valence-corrected chi connectivity index (χ3v) is 19.4. The van der Waals surface area contributed by atoms with Crippen LogP contribution in [-0.2, 0) is 18.0 Å². The molecule has 0 aromatic carbocycles. The van der Waals surface area contributed by atoms with Crippen molar-refractivity contribution in [3.05, 3.63) is 47.2 Å². The number of aliphatic carboxylic acids is 1. The number of halogens is 3. The van der Waals surface area contributed by atoms with E-state index in [9.17, 15) is 23.1 Å². The van der Waals surface area contributed by atoms with Crippen LogP contribution in [0.5, 0.6) is 5.88 Å². The summed E-state index contributed by atoms with van der Waals surface area (Å²) in [6, 6.07) is 0.846. The van der Waals surface area contributed by atoms with Gasteiger partial charge in [-0.15, -0.1) is 5.10 Å². The van der Waals surface area contributed by atoms with Gasteiger partial charge in [0, 0.05) is 56.3 Å². The molecule has 59 heavy (non-hydrogen) atoms. The summed E-state index contributed by atoms with van der Waals surface area (Å²) < 4.78 is 46.6. The number of allylic oxidation sites excluding steroid dienone is 5. The molecule has 7 aliphatic rings. The van der Waals surface area contributed by atoms with Crippen LogP contribution in [0.15, 0.2) is 41.5 Å². The molecule has 0 bridgehead atoms. The van der Waals surface area contributed by atoms with Crippen molar-refractivity contribution in [2.75, 3.05) is 44.3 Å². The second kappa shape index (κ2) is 15.5. The third kappa shape index (κ3) is 7.19. The Bertz CT molecular complexity index is 1850. The molecule has 1 aromatic heterocycles. The summed E-state index contributed by atoms with van der Waals surface area (Å²) in [5.74, 6) is 5.52. The SMILES string of the molecule is C=C(C)[C@@H]1CC[C@]2(NCCN3CCSCC3)CC[C@]3(C)[C@H](CC[C@@H]4[C@@H]5[C@@H](CC[C@]43C)C(C)(C)C(C3=CCC(COc4cc(C(F)(F)F)n(C)n4)(C(=O)O)CC3)=C[C@@H]5C)[C@@H]12. The van der Waals surface area contributed by atoms with E-state index < -0.39 is 23.3 Å². The Kier molecular flexibility index (Phi) is 11.4. The minimum atomic E-state index is -4.57. The van der Waals surface area contributed by atoms with Crippen LogP contribution in [-0.4, -0.2) is 75.6 Å². The maximum Gasteiger partial charge on any atom is 0.433 e. The molecule has 7 nitrogen and oxygen atoms in total. The lowest BCUT2D eigenvalue weighted by atomic mass is 9.35. The van der Waals surface area contributed by atoms with E-state index in [1.54, 1.807) is 0 Å². The molecule has 328 valence electrons. The van der Waals surface area contributed by atoms with E-state index in [0.717, 1.165) is 23.8 Å². The predicted molar refractivity (Wildman–Crippen MR) is 230 cm³/mol. The van der Waals surface area contributed by atoms with Crippen LogP contribution in [0.25, 0.3) is 0 Å². The Morgan fingerprint density at radius 3 is 2.37 bits per heavy atom. The summed E-state index contributed by atoms with van der Waals surface area (Å²) in [7, 11) is 1.21. The van der Waals surface area contributed by atoms with Crippen LogP contribution in [0, 0.1) is 63.1 Å². The van der Waals surface area contributed by atoms with E-state index in [2.05, 4.69) is 87.4 Å². The van der Waals surface area contributed by atoms with Crippen molar-refractivity contribution in [2.45, 2.75) is 124 Å². The van der Waals surface area contributed by atoms with Gasteiger partial charge < -0.3 is 20.1 Å². The number of carboxylic acid groups (broad SMARTS) is 1. The van der Waals surface area contributed by atoms with Crippen molar-refractivity contribution in [2.24, 2.45) is 70.1 Å². The lowest BCUT2D eigenvalue weighted by Crippen LogP contribution is -2.67. The van der Waals surface area contributed by atoms with E-state index in [4.69, 9.17) is 4.74 Å². The lowest BCUT2D eigenvalue weighted by Gasteiger charge is -2.70. The van der Waals surface area contributed by atoms with Gasteiger partial charge in [0.1, 0.15) is 17.7 Å². The molecule has 11 heteroatoms. The zero-order valence-electron chi connectivity index (χ0n) is 36.9. The number of hydrogen-bond donors (Lipinski definition) is 2. The molecule has 6 aliphatic carbocycles. The number of hydrogen-bond acceptors (Lipinski definition) is 6. The highest BCUT2D eigenvalue weighted by Crippen LogP contribution is 2.74. The number of aryl methyl sites for hydroxylation is 1. The number of alkyl halides is 3. The Balaban J connectivity index is 1.00. The van der Waals surface area contributed by atoms with Crippen molar-refractivity contribution >= 4 is 17.7 Å². The van der Waals surface area contributed by atoms with Crippen molar-refractivity contribution in [3.8, 4) is 5.88 Å². The van der Waals surface area contributed by atoms with Gasteiger partial charge in [0.25, 0.3) is 0 Å². The van der Waals surface area contributed by atoms with Crippen molar-refractivity contribution in [3.63, 3.8) is 0 Å². The third-order valence-electron chi connectivity index (χ3n) is 18.5. The van der Waals surface area contributed by atoms with Crippen LogP contribution in [0.2, 0.25) is 0 Å². The highest BCUT2D eigenvalue weighted by Gasteiger charge is 2.69. The molecular formula is C48H71F3N4O3S. The topological polar surface area (TPSA) is 79.6 Å². The number of nitrogens with zero attached hydrogens (tertiary/aromatic N) is 3. The Morgan fingerprint density at radius 2 is 1.73 bits per heavy atom. The highest BCUT2D eigenvalue weighted by atomic mass is 32.2. The second-order valence-corrected chi connectivity index (χ2v) is 22.6. The first-order valence-corrected chi connectivity index (χ1v) is 24.0. The summed E-state index contributed by atoms with van der Waals surface area (Å²) in [5.41, 5.74) is 2.57. The van der Waals surface area contributed by atoms with Gasteiger partial charge in [0.05, 0.1) is 0 Å². The quantitative estimate of drug-likeness (QED) is 0.227. The molecule has 0 spiro atoms. The van der Waals surface area contributed by atoms with E-state index in [1.165, 1.54) is 99.7 Å². The van der Waals surface area contributed by atoms with Crippen molar-refractivity contribution < 1.29 is 27.8 Å². The maximum absolute atomic E-state index is 13.4. The van der Waals surface area contributed by atoms with Gasteiger partial charge in [-0.1, -0.05) is 58.9 Å². The number of thioether (sulfide) groups is 1. The zero-order chi connectivity index (χ0) is 42.3. The number of fused-ring (bicyclic) bond motifs is 7. The lowest BCUT2D eigenvalue weighted by molar-refractivity contribution is -0.201. The van der Waals surface area contributed by atoms with Crippen LogP contribution < -0.4 is 10.1 Å². The average molecular weight is 841 g/mol. The van der Waals surface area contributed by atoms with E-state index in [-0.39, 0.29) is 40.7 Å². The first-order chi connectivity index (χ1) is 27.8. The van der Waals surface area contributed by atoms with Gasteiger partial charge in [-0.2, -0.15) is 24.9 Å². The van der Waals surface area contributed by atoms with Crippen LogP contribution >= 0.6 is 11.8 Å². The number of carbonyl (C=O) groups is 1. The van der Waals surface area contributed by atoms with Crippen LogP contribution in [0.1, 0.15) is 118 Å². The van der Waals surface area contributed by atoms with Gasteiger partial charge >= 0.3 is 12.1 Å². The minimum Gasteiger partial charge on any atom is -0.481 e. The Labute approximate surface area is 355 Å². The Hall–Kier alpha value is -2.24. The van der Waals surface area contributed by atoms with Gasteiger partial charge in [-0.05, 0) is 146 Å². The molecule has 2 N–H and O–H groups in total. The molecule has 8 rings (SSSR count). The fraction of sp³-hybridized carbons (Fsp3) is 0.792. The number of rotatable bonds is 10. The van der Waals surface area contributed by atoms with Gasteiger partial charge in [-0.3, -0.25) is 9.48 Å². The van der Waals surface area contributed by atoms with Gasteiger partial charge in [0.2, 0.25) is 5.88 Å². The summed E-state index contributed by atoms with van der Waals surface area (Å²) in [6.45, 7) is 24.2. The first kappa shape index (κ1) is 43.4. The van der Waals surface area contributed by atoms with Gasteiger partial charge in [0.15, 0.2) is 0 Å². The van der Waals surface area contributed by atoms with E-state index in [0.29, 0.717) is 54.3 Å². The van der Waals surface area contributed by atoms with Crippen LogP contribution in [0.4, 0.5) is 13.2 Å². The molecule has 1 aromatic rings. The average Bonchev–Trinajstić information content (AvgIpc) is 3.77. The molecule has 0 radical (unpaired) electrons. The molecule has 11 atom stereocenters.